The highest BCUT2D eigenvalue weighted by atomic mass is 32.2. The van der Waals surface area contributed by atoms with Gasteiger partial charge in [-0.2, -0.15) is 0 Å². The molecule has 8 nitrogen and oxygen atoms in total. The summed E-state index contributed by atoms with van der Waals surface area (Å²) < 4.78 is 82.5. The van der Waals surface area contributed by atoms with Crippen molar-refractivity contribution >= 4 is 38.5 Å². The maximum atomic E-state index is 14.9. The van der Waals surface area contributed by atoms with Crippen molar-refractivity contribution in [3.05, 3.63) is 77.8 Å². The highest BCUT2D eigenvalue weighted by molar-refractivity contribution is 7.92. The van der Waals surface area contributed by atoms with Crippen molar-refractivity contribution in [1.29, 1.82) is 0 Å². The van der Waals surface area contributed by atoms with Crippen molar-refractivity contribution < 1.29 is 35.8 Å². The standard InChI is InChI=1S/C19H11F4N5O3S/c20-10-1-4-15(12(22)6-10)32(30,31)28-13-3-2-11(21)17(16(13)23)27-19(29)9-5-14-18(24-7-9)26-8-25-14/h1-8,28H,(H,27,29)(H,24,25,26)/p+1. The molecule has 0 aliphatic carbocycles. The molecule has 4 N–H and O–H groups in total. The van der Waals surface area contributed by atoms with Crippen LogP contribution in [-0.2, 0) is 10.0 Å². The van der Waals surface area contributed by atoms with Gasteiger partial charge in [-0.1, -0.05) is 0 Å². The zero-order valence-electron chi connectivity index (χ0n) is 15.7. The zero-order chi connectivity index (χ0) is 23.0. The van der Waals surface area contributed by atoms with Crippen molar-refractivity contribution in [2.24, 2.45) is 0 Å². The minimum Gasteiger partial charge on any atom is -0.317 e. The number of nitrogens with zero attached hydrogens (tertiary/aromatic N) is 1. The summed E-state index contributed by atoms with van der Waals surface area (Å²) in [5.41, 5.74) is -0.831. The first-order chi connectivity index (χ1) is 15.2. The van der Waals surface area contributed by atoms with E-state index < -0.39 is 55.5 Å². The second-order valence-corrected chi connectivity index (χ2v) is 8.12. The summed E-state index contributed by atoms with van der Waals surface area (Å²) in [5.74, 6) is -5.97. The summed E-state index contributed by atoms with van der Waals surface area (Å²) in [7, 11) is -4.70. The fourth-order valence-electron chi connectivity index (χ4n) is 2.82. The molecular weight excluding hydrogens is 454 g/mol. The Balaban J connectivity index is 1.64. The lowest BCUT2D eigenvalue weighted by Crippen LogP contribution is -2.18. The number of anilines is 2. The molecule has 4 rings (SSSR count). The molecule has 0 atom stereocenters. The van der Waals surface area contributed by atoms with Crippen LogP contribution in [0, 0.1) is 23.3 Å². The van der Waals surface area contributed by atoms with Gasteiger partial charge < -0.3 is 5.32 Å². The highest BCUT2D eigenvalue weighted by Gasteiger charge is 2.24. The van der Waals surface area contributed by atoms with Gasteiger partial charge in [0.15, 0.2) is 17.7 Å². The van der Waals surface area contributed by atoms with Crippen LogP contribution in [0.4, 0.5) is 28.9 Å². The van der Waals surface area contributed by atoms with Gasteiger partial charge in [0.05, 0.1) is 11.3 Å². The molecule has 0 radical (unpaired) electrons. The highest BCUT2D eigenvalue weighted by Crippen LogP contribution is 2.29. The largest absolute Gasteiger partial charge is 0.317 e. The topological polar surface area (TPSA) is 118 Å². The van der Waals surface area contributed by atoms with E-state index in [9.17, 15) is 30.8 Å². The number of hydrogen-bond acceptors (Lipinski definition) is 4. The minimum absolute atomic E-state index is 0.0356. The molecule has 0 aliphatic heterocycles. The zero-order valence-corrected chi connectivity index (χ0v) is 16.5. The fourth-order valence-corrected chi connectivity index (χ4v) is 3.94. The van der Waals surface area contributed by atoms with Crippen LogP contribution < -0.4 is 15.0 Å². The Bertz CT molecular complexity index is 1470. The molecule has 13 heteroatoms. The summed E-state index contributed by atoms with van der Waals surface area (Å²) in [4.78, 5) is 21.0. The average molecular weight is 466 g/mol. The maximum Gasteiger partial charge on any atom is 0.299 e. The number of hydrogen-bond donors (Lipinski definition) is 3. The van der Waals surface area contributed by atoms with Crippen LogP contribution in [-0.4, -0.2) is 24.3 Å². The lowest BCUT2D eigenvalue weighted by Gasteiger charge is -2.13. The van der Waals surface area contributed by atoms with Crippen molar-refractivity contribution in [2.75, 3.05) is 10.0 Å². The van der Waals surface area contributed by atoms with Gasteiger partial charge in [0.1, 0.15) is 34.2 Å². The Kier molecular flexibility index (Phi) is 5.26. The number of imidazole rings is 1. The van der Waals surface area contributed by atoms with Gasteiger partial charge in [0, 0.05) is 6.07 Å². The molecule has 0 spiro atoms. The predicted octanol–water partition coefficient (Wildman–Crippen LogP) is 2.99. The Morgan fingerprint density at radius 2 is 1.81 bits per heavy atom. The van der Waals surface area contributed by atoms with Crippen LogP contribution >= 0.6 is 0 Å². The molecule has 0 unspecified atom stereocenters. The van der Waals surface area contributed by atoms with E-state index in [2.05, 4.69) is 15.0 Å². The normalized spacial score (nSPS) is 11.5. The van der Waals surface area contributed by atoms with Gasteiger partial charge in [-0.15, -0.1) is 4.98 Å². The van der Waals surface area contributed by atoms with E-state index in [0.717, 1.165) is 6.07 Å². The monoisotopic (exact) mass is 466 g/mol. The lowest BCUT2D eigenvalue weighted by molar-refractivity contribution is -0.347. The summed E-state index contributed by atoms with van der Waals surface area (Å²) >= 11 is 0. The number of pyridine rings is 1. The summed E-state index contributed by atoms with van der Waals surface area (Å²) in [5, 5.41) is 2.02. The smallest absolute Gasteiger partial charge is 0.299 e. The van der Waals surface area contributed by atoms with Gasteiger partial charge in [-0.25, -0.2) is 31.0 Å². The van der Waals surface area contributed by atoms with E-state index in [-0.39, 0.29) is 5.56 Å². The number of sulfonamides is 1. The quantitative estimate of drug-likeness (QED) is 0.392. The fraction of sp³-hybridized carbons (Fsp3) is 0. The third-order valence-corrected chi connectivity index (χ3v) is 5.74. The number of aromatic amines is 2. The number of nitrogens with one attached hydrogen (secondary N) is 4. The molecule has 0 aliphatic rings. The molecular formula is C19H12F4N5O3S+. The van der Waals surface area contributed by atoms with Crippen molar-refractivity contribution in [3.8, 4) is 0 Å². The first-order valence-electron chi connectivity index (χ1n) is 8.78. The van der Waals surface area contributed by atoms with Gasteiger partial charge in [0.2, 0.25) is 0 Å². The Morgan fingerprint density at radius 3 is 2.56 bits per heavy atom. The van der Waals surface area contributed by atoms with Gasteiger partial charge in [0.25, 0.3) is 21.6 Å². The second-order valence-electron chi connectivity index (χ2n) is 6.47. The molecule has 2 heterocycles. The molecule has 1 amide bonds. The third kappa shape index (κ3) is 3.97. The Morgan fingerprint density at radius 1 is 1.03 bits per heavy atom. The van der Waals surface area contributed by atoms with Gasteiger partial charge >= 0.3 is 0 Å². The average Bonchev–Trinajstić information content (AvgIpc) is 3.20. The van der Waals surface area contributed by atoms with Crippen LogP contribution in [0.2, 0.25) is 0 Å². The Hall–Kier alpha value is -4.00. The lowest BCUT2D eigenvalue weighted by atomic mass is 10.2. The number of H-pyrrole nitrogens is 2. The summed E-state index contributed by atoms with van der Waals surface area (Å²) in [6.07, 6.45) is 2.64. The molecule has 164 valence electrons. The summed E-state index contributed by atoms with van der Waals surface area (Å²) in [6.45, 7) is 0. The molecule has 0 saturated carbocycles. The van der Waals surface area contributed by atoms with Gasteiger partial charge in [-0.3, -0.25) is 14.5 Å². The third-order valence-electron chi connectivity index (χ3n) is 4.34. The SMILES string of the molecule is O=C(Nc1c(F)ccc(NS(=O)(=O)c2ccc(F)cc2F)c1F)c1cnc2[nH+]c[nH]c2c1. The number of carbonyl (C=O) groups excluding carboxylic acids is 1. The first-order valence-corrected chi connectivity index (χ1v) is 10.3. The molecule has 0 bridgehead atoms. The Labute approximate surface area is 177 Å². The molecule has 4 aromatic rings. The summed E-state index contributed by atoms with van der Waals surface area (Å²) in [6, 6.07) is 4.54. The predicted molar refractivity (Wildman–Crippen MR) is 104 cm³/mol. The number of carbonyl (C=O) groups is 1. The number of fused-ring (bicyclic) bond motifs is 1. The van der Waals surface area contributed by atoms with E-state index in [4.69, 9.17) is 0 Å². The van der Waals surface area contributed by atoms with E-state index in [1.54, 1.807) is 4.72 Å². The number of amides is 1. The van der Waals surface area contributed by atoms with Crippen LogP contribution in [0.3, 0.4) is 0 Å². The molecule has 2 aromatic carbocycles. The van der Waals surface area contributed by atoms with E-state index in [0.29, 0.717) is 35.4 Å². The van der Waals surface area contributed by atoms with Crippen LogP contribution in [0.15, 0.2) is 53.8 Å². The molecule has 0 saturated heterocycles. The van der Waals surface area contributed by atoms with Crippen LogP contribution in [0.25, 0.3) is 11.2 Å². The van der Waals surface area contributed by atoms with Gasteiger partial charge in [-0.05, 0) is 30.3 Å². The van der Waals surface area contributed by atoms with E-state index in [1.165, 1.54) is 18.6 Å². The molecule has 0 fully saturated rings. The van der Waals surface area contributed by atoms with Crippen LogP contribution in [0.5, 0.6) is 0 Å². The molecule has 2 aromatic heterocycles. The van der Waals surface area contributed by atoms with Crippen molar-refractivity contribution in [3.63, 3.8) is 0 Å². The number of aromatic nitrogens is 3. The van der Waals surface area contributed by atoms with Crippen molar-refractivity contribution in [1.82, 2.24) is 9.97 Å². The number of rotatable bonds is 5. The maximum absolute atomic E-state index is 14.9. The first kappa shape index (κ1) is 21.2. The molecule has 32 heavy (non-hydrogen) atoms. The van der Waals surface area contributed by atoms with E-state index in [1.807, 2.05) is 5.32 Å². The number of benzene rings is 2. The second kappa shape index (κ2) is 7.92. The minimum atomic E-state index is -4.70. The van der Waals surface area contributed by atoms with Crippen molar-refractivity contribution in [2.45, 2.75) is 4.90 Å². The number of halogens is 4. The van der Waals surface area contributed by atoms with E-state index >= 15 is 0 Å². The van der Waals surface area contributed by atoms with Crippen LogP contribution in [0.1, 0.15) is 10.4 Å².